The summed E-state index contributed by atoms with van der Waals surface area (Å²) in [6.45, 7) is 4.61. The molecule has 2 aromatic carbocycles. The molecule has 1 aromatic heterocycles. The van der Waals surface area contributed by atoms with E-state index in [0.717, 1.165) is 28.9 Å². The van der Waals surface area contributed by atoms with Crippen molar-refractivity contribution in [3.05, 3.63) is 48.0 Å². The van der Waals surface area contributed by atoms with Crippen LogP contribution in [-0.4, -0.2) is 29.4 Å². The Balaban J connectivity index is 1.89. The van der Waals surface area contributed by atoms with Gasteiger partial charge in [0.1, 0.15) is 16.8 Å². The molecule has 25 heavy (non-hydrogen) atoms. The SMILES string of the molecule is CCCCCOc1ccc(S(=O)(=O)n2nnc3ccccc32)cc1C. The van der Waals surface area contributed by atoms with Gasteiger partial charge in [-0.1, -0.05) is 37.1 Å². The van der Waals surface area contributed by atoms with Crippen LogP contribution in [0.15, 0.2) is 47.4 Å². The normalized spacial score (nSPS) is 11.8. The highest BCUT2D eigenvalue weighted by Gasteiger charge is 2.22. The number of hydrogen-bond acceptors (Lipinski definition) is 5. The quantitative estimate of drug-likeness (QED) is 0.603. The van der Waals surface area contributed by atoms with Gasteiger partial charge in [0.05, 0.1) is 11.5 Å². The van der Waals surface area contributed by atoms with E-state index in [1.54, 1.807) is 42.5 Å². The maximum atomic E-state index is 12.9. The van der Waals surface area contributed by atoms with Crippen molar-refractivity contribution < 1.29 is 13.2 Å². The summed E-state index contributed by atoms with van der Waals surface area (Å²) in [7, 11) is -3.80. The van der Waals surface area contributed by atoms with E-state index >= 15 is 0 Å². The summed E-state index contributed by atoms with van der Waals surface area (Å²) >= 11 is 0. The van der Waals surface area contributed by atoms with Crippen LogP contribution in [0.4, 0.5) is 0 Å². The number of hydrogen-bond donors (Lipinski definition) is 0. The molecule has 3 rings (SSSR count). The smallest absolute Gasteiger partial charge is 0.284 e. The first-order chi connectivity index (χ1) is 12.0. The molecule has 0 aliphatic carbocycles. The Bertz CT molecular complexity index is 980. The third-order valence-corrected chi connectivity index (χ3v) is 5.57. The predicted molar refractivity (Wildman–Crippen MR) is 96.3 cm³/mol. The molecule has 0 atom stereocenters. The van der Waals surface area contributed by atoms with Gasteiger partial charge in [-0.25, -0.2) is 0 Å². The zero-order valence-electron chi connectivity index (χ0n) is 14.3. The summed E-state index contributed by atoms with van der Waals surface area (Å²) < 4.78 is 32.5. The molecule has 7 heteroatoms. The molecule has 0 amide bonds. The van der Waals surface area contributed by atoms with E-state index in [0.29, 0.717) is 23.4 Å². The molecular formula is C18H21N3O3S. The summed E-state index contributed by atoms with van der Waals surface area (Å²) in [6.07, 6.45) is 3.23. The van der Waals surface area contributed by atoms with Crippen LogP contribution in [0.5, 0.6) is 5.75 Å². The van der Waals surface area contributed by atoms with Crippen molar-refractivity contribution in [1.82, 2.24) is 14.4 Å². The Labute approximate surface area is 147 Å². The zero-order chi connectivity index (χ0) is 17.9. The lowest BCUT2D eigenvalue weighted by molar-refractivity contribution is 0.304. The number of unbranched alkanes of at least 4 members (excludes halogenated alkanes) is 2. The molecule has 0 aliphatic heterocycles. The van der Waals surface area contributed by atoms with E-state index in [1.165, 1.54) is 0 Å². The lowest BCUT2D eigenvalue weighted by Crippen LogP contribution is -2.15. The van der Waals surface area contributed by atoms with Crippen molar-refractivity contribution in [2.24, 2.45) is 0 Å². The van der Waals surface area contributed by atoms with Crippen molar-refractivity contribution in [2.45, 2.75) is 38.0 Å². The lowest BCUT2D eigenvalue weighted by Gasteiger charge is -2.11. The minimum absolute atomic E-state index is 0.168. The van der Waals surface area contributed by atoms with E-state index in [1.807, 2.05) is 6.92 Å². The molecule has 0 radical (unpaired) electrons. The highest BCUT2D eigenvalue weighted by molar-refractivity contribution is 7.90. The maximum absolute atomic E-state index is 12.9. The van der Waals surface area contributed by atoms with Crippen LogP contribution in [0.3, 0.4) is 0 Å². The first kappa shape index (κ1) is 17.4. The lowest BCUT2D eigenvalue weighted by atomic mass is 10.2. The Morgan fingerprint density at radius 2 is 1.92 bits per heavy atom. The average Bonchev–Trinajstić information content (AvgIpc) is 3.04. The number of nitrogens with zero attached hydrogens (tertiary/aromatic N) is 3. The van der Waals surface area contributed by atoms with Gasteiger partial charge in [0, 0.05) is 0 Å². The third-order valence-electron chi connectivity index (χ3n) is 4.00. The monoisotopic (exact) mass is 359 g/mol. The van der Waals surface area contributed by atoms with Crippen LogP contribution in [-0.2, 0) is 10.0 Å². The molecule has 0 bridgehead atoms. The summed E-state index contributed by atoms with van der Waals surface area (Å²) in [6, 6.07) is 11.8. The minimum Gasteiger partial charge on any atom is -0.493 e. The molecule has 0 unspecified atom stereocenters. The first-order valence-corrected chi connectivity index (χ1v) is 9.77. The topological polar surface area (TPSA) is 74.1 Å². The van der Waals surface area contributed by atoms with Gasteiger partial charge in [-0.05, 0) is 49.2 Å². The second kappa shape index (κ2) is 7.23. The fourth-order valence-corrected chi connectivity index (χ4v) is 3.91. The number of para-hydroxylation sites is 1. The highest BCUT2D eigenvalue weighted by Crippen LogP contribution is 2.25. The Morgan fingerprint density at radius 1 is 1.12 bits per heavy atom. The summed E-state index contributed by atoms with van der Waals surface area (Å²) in [4.78, 5) is 0.168. The fraction of sp³-hybridized carbons (Fsp3) is 0.333. The molecule has 0 aliphatic rings. The summed E-state index contributed by atoms with van der Waals surface area (Å²) in [5.74, 6) is 0.707. The molecule has 0 saturated heterocycles. The Kier molecular flexibility index (Phi) is 5.03. The van der Waals surface area contributed by atoms with Gasteiger partial charge in [-0.3, -0.25) is 0 Å². The van der Waals surface area contributed by atoms with E-state index in [9.17, 15) is 8.42 Å². The Morgan fingerprint density at radius 3 is 2.68 bits per heavy atom. The number of benzene rings is 2. The molecule has 6 nitrogen and oxygen atoms in total. The molecular weight excluding hydrogens is 338 g/mol. The number of rotatable bonds is 7. The third kappa shape index (κ3) is 3.51. The van der Waals surface area contributed by atoms with Crippen molar-refractivity contribution in [1.29, 1.82) is 0 Å². The van der Waals surface area contributed by atoms with Gasteiger partial charge < -0.3 is 4.74 Å². The molecule has 0 saturated carbocycles. The van der Waals surface area contributed by atoms with Gasteiger partial charge >= 0.3 is 0 Å². The van der Waals surface area contributed by atoms with Gasteiger partial charge in [0.25, 0.3) is 10.0 Å². The predicted octanol–water partition coefficient (Wildman–Crippen LogP) is 3.55. The van der Waals surface area contributed by atoms with Crippen LogP contribution >= 0.6 is 0 Å². The van der Waals surface area contributed by atoms with Crippen molar-refractivity contribution >= 4 is 21.1 Å². The molecule has 0 N–H and O–H groups in total. The van der Waals surface area contributed by atoms with Gasteiger partial charge in [-0.15, -0.1) is 9.19 Å². The Hall–Kier alpha value is -2.41. The fourth-order valence-electron chi connectivity index (χ4n) is 2.60. The number of fused-ring (bicyclic) bond motifs is 1. The highest BCUT2D eigenvalue weighted by atomic mass is 32.2. The van der Waals surface area contributed by atoms with Gasteiger partial charge in [0.2, 0.25) is 0 Å². The summed E-state index contributed by atoms with van der Waals surface area (Å²) in [5.41, 5.74) is 1.78. The average molecular weight is 359 g/mol. The van der Waals surface area contributed by atoms with Crippen LogP contribution in [0.25, 0.3) is 11.0 Å². The van der Waals surface area contributed by atoms with Crippen molar-refractivity contribution in [3.8, 4) is 5.75 Å². The zero-order valence-corrected chi connectivity index (χ0v) is 15.2. The van der Waals surface area contributed by atoms with Crippen molar-refractivity contribution in [2.75, 3.05) is 6.61 Å². The van der Waals surface area contributed by atoms with Crippen molar-refractivity contribution in [3.63, 3.8) is 0 Å². The summed E-state index contributed by atoms with van der Waals surface area (Å²) in [5, 5.41) is 7.73. The number of aryl methyl sites for hydroxylation is 1. The van der Waals surface area contributed by atoms with E-state index in [2.05, 4.69) is 17.2 Å². The largest absolute Gasteiger partial charge is 0.493 e. The van der Waals surface area contributed by atoms with Crippen LogP contribution < -0.4 is 4.74 Å². The molecule has 1 heterocycles. The van der Waals surface area contributed by atoms with Crippen LogP contribution in [0, 0.1) is 6.92 Å². The van der Waals surface area contributed by atoms with E-state index in [-0.39, 0.29) is 4.90 Å². The van der Waals surface area contributed by atoms with Gasteiger partial charge in [-0.2, -0.15) is 8.42 Å². The van der Waals surface area contributed by atoms with Gasteiger partial charge in [0.15, 0.2) is 0 Å². The molecule has 3 aromatic rings. The van der Waals surface area contributed by atoms with Crippen LogP contribution in [0.2, 0.25) is 0 Å². The number of aromatic nitrogens is 3. The number of ether oxygens (including phenoxy) is 1. The molecule has 0 spiro atoms. The molecule has 0 fully saturated rings. The van der Waals surface area contributed by atoms with E-state index in [4.69, 9.17) is 4.74 Å². The van der Waals surface area contributed by atoms with E-state index < -0.39 is 10.0 Å². The maximum Gasteiger partial charge on any atom is 0.284 e. The first-order valence-electron chi connectivity index (χ1n) is 8.33. The van der Waals surface area contributed by atoms with Crippen LogP contribution in [0.1, 0.15) is 31.7 Å². The second-order valence-electron chi connectivity index (χ2n) is 5.91. The standard InChI is InChI=1S/C18H21N3O3S/c1-3-4-7-12-24-18-11-10-15(13-14(18)2)25(22,23)21-17-9-6-5-8-16(17)19-20-21/h5-6,8-11,13H,3-4,7,12H2,1-2H3. The minimum atomic E-state index is -3.80. The molecule has 132 valence electrons. The second-order valence-corrected chi connectivity index (χ2v) is 7.68.